The molecule has 4 rings (SSSR count). The van der Waals surface area contributed by atoms with Crippen LogP contribution < -0.4 is 20.7 Å². The van der Waals surface area contributed by atoms with E-state index >= 15 is 0 Å². The summed E-state index contributed by atoms with van der Waals surface area (Å²) in [6, 6.07) is 9.73. The zero-order chi connectivity index (χ0) is 24.4. The molecular formula is C25H29Cl2N5O2. The van der Waals surface area contributed by atoms with Crippen molar-refractivity contribution in [3.05, 3.63) is 52.1 Å². The van der Waals surface area contributed by atoms with Crippen LogP contribution in [0, 0.1) is 0 Å². The third kappa shape index (κ3) is 4.87. The van der Waals surface area contributed by atoms with Gasteiger partial charge in [-0.15, -0.1) is 0 Å². The molecular weight excluding hydrogens is 473 g/mol. The van der Waals surface area contributed by atoms with Gasteiger partial charge in [0, 0.05) is 49.9 Å². The van der Waals surface area contributed by atoms with Crippen LogP contribution in [0.3, 0.4) is 0 Å². The number of fused-ring (bicyclic) bond motifs is 1. The van der Waals surface area contributed by atoms with Gasteiger partial charge in [0.15, 0.2) is 0 Å². The van der Waals surface area contributed by atoms with Gasteiger partial charge in [0.25, 0.3) is 5.91 Å². The van der Waals surface area contributed by atoms with Gasteiger partial charge in [-0.05, 0) is 39.0 Å². The van der Waals surface area contributed by atoms with Crippen LogP contribution in [0.15, 0.2) is 36.5 Å². The van der Waals surface area contributed by atoms with E-state index in [1.807, 2.05) is 19.1 Å². The van der Waals surface area contributed by atoms with Crippen LogP contribution in [0.25, 0.3) is 10.9 Å². The van der Waals surface area contributed by atoms with Crippen molar-refractivity contribution >= 4 is 57.1 Å². The highest BCUT2D eigenvalue weighted by Gasteiger charge is 2.24. The summed E-state index contributed by atoms with van der Waals surface area (Å²) in [4.78, 5) is 21.6. The Bertz CT molecular complexity index is 1210. The van der Waals surface area contributed by atoms with Crippen molar-refractivity contribution in [1.82, 2.24) is 9.88 Å². The maximum atomic E-state index is 12.3. The number of anilines is 3. The van der Waals surface area contributed by atoms with Gasteiger partial charge < -0.3 is 20.7 Å². The van der Waals surface area contributed by atoms with E-state index in [4.69, 9.17) is 33.7 Å². The maximum Gasteiger partial charge on any atom is 0.252 e. The summed E-state index contributed by atoms with van der Waals surface area (Å²) in [5.41, 5.74) is 8.72. The Morgan fingerprint density at radius 1 is 1.21 bits per heavy atom. The average molecular weight is 502 g/mol. The summed E-state index contributed by atoms with van der Waals surface area (Å²) in [7, 11) is 0. The second-order valence-electron chi connectivity index (χ2n) is 8.52. The fraction of sp³-hybridized carbons (Fsp3) is 0.360. The number of hydrogen-bond acceptors (Lipinski definition) is 6. The second-order valence-corrected chi connectivity index (χ2v) is 9.31. The predicted octanol–water partition coefficient (Wildman–Crippen LogP) is 5.31. The maximum absolute atomic E-state index is 12.3. The number of aromatic nitrogens is 1. The van der Waals surface area contributed by atoms with E-state index in [9.17, 15) is 4.79 Å². The van der Waals surface area contributed by atoms with Gasteiger partial charge in [0.1, 0.15) is 5.75 Å². The molecule has 0 saturated carbocycles. The molecule has 2 heterocycles. The summed E-state index contributed by atoms with van der Waals surface area (Å²) < 4.78 is 6.00. The molecule has 1 aromatic heterocycles. The Hall–Kier alpha value is -2.74. The largest absolute Gasteiger partial charge is 0.492 e. The summed E-state index contributed by atoms with van der Waals surface area (Å²) in [5, 5.41) is 4.80. The van der Waals surface area contributed by atoms with E-state index in [0.717, 1.165) is 43.0 Å². The number of rotatable bonds is 7. The van der Waals surface area contributed by atoms with Crippen LogP contribution in [0.1, 0.15) is 31.1 Å². The molecule has 1 aliphatic heterocycles. The highest BCUT2D eigenvalue weighted by Crippen LogP contribution is 2.40. The van der Waals surface area contributed by atoms with Gasteiger partial charge in [0.2, 0.25) is 0 Å². The van der Waals surface area contributed by atoms with Crippen molar-refractivity contribution in [2.45, 2.75) is 26.8 Å². The first-order chi connectivity index (χ1) is 16.3. The second kappa shape index (κ2) is 10.3. The van der Waals surface area contributed by atoms with E-state index in [2.05, 4.69) is 33.9 Å². The highest BCUT2D eigenvalue weighted by molar-refractivity contribution is 6.43. The number of benzene rings is 2. The van der Waals surface area contributed by atoms with Gasteiger partial charge in [-0.25, -0.2) is 0 Å². The van der Waals surface area contributed by atoms with Crippen LogP contribution in [0.4, 0.5) is 17.1 Å². The standard InChI is InChI=1S/C25H29Cl2N5O2/c1-4-34-22-13-20-16(12-21(22)32-10-8-31(9-11-32)15(2)3)24(17(14-29-20)25(28)33)30-19-7-5-6-18(26)23(19)27/h5-7,12-15H,4,8-11H2,1-3H3,(H2,28,33)(H,29,30). The van der Waals surface area contributed by atoms with E-state index in [0.29, 0.717) is 39.6 Å². The first-order valence-electron chi connectivity index (χ1n) is 11.4. The minimum absolute atomic E-state index is 0.267. The molecule has 0 bridgehead atoms. The summed E-state index contributed by atoms with van der Waals surface area (Å²) in [5.74, 6) is 0.176. The summed E-state index contributed by atoms with van der Waals surface area (Å²) in [6.07, 6.45) is 1.47. The quantitative estimate of drug-likeness (QED) is 0.456. The first-order valence-corrected chi connectivity index (χ1v) is 12.1. The monoisotopic (exact) mass is 501 g/mol. The van der Waals surface area contributed by atoms with Crippen molar-refractivity contribution in [2.75, 3.05) is 43.0 Å². The van der Waals surface area contributed by atoms with Crippen LogP contribution in [0.5, 0.6) is 5.75 Å². The Morgan fingerprint density at radius 3 is 2.59 bits per heavy atom. The summed E-state index contributed by atoms with van der Waals surface area (Å²) >= 11 is 12.6. The predicted molar refractivity (Wildman–Crippen MR) is 140 cm³/mol. The van der Waals surface area contributed by atoms with Crippen molar-refractivity contribution < 1.29 is 9.53 Å². The number of piperazine rings is 1. The molecule has 0 spiro atoms. The number of amides is 1. The molecule has 0 atom stereocenters. The molecule has 0 radical (unpaired) electrons. The molecule has 9 heteroatoms. The number of carbonyl (C=O) groups is 1. The fourth-order valence-electron chi connectivity index (χ4n) is 4.26. The van der Waals surface area contributed by atoms with Crippen molar-refractivity contribution in [3.63, 3.8) is 0 Å². The molecule has 3 aromatic rings. The first kappa shape index (κ1) is 24.4. The molecule has 1 fully saturated rings. The van der Waals surface area contributed by atoms with Gasteiger partial charge >= 0.3 is 0 Å². The highest BCUT2D eigenvalue weighted by atomic mass is 35.5. The van der Waals surface area contributed by atoms with Crippen molar-refractivity contribution in [1.29, 1.82) is 0 Å². The SMILES string of the molecule is CCOc1cc2ncc(C(N)=O)c(Nc3cccc(Cl)c3Cl)c2cc1N1CCN(C(C)C)CC1. The number of primary amides is 1. The molecule has 0 aliphatic carbocycles. The van der Waals surface area contributed by atoms with Crippen molar-refractivity contribution in [3.8, 4) is 5.75 Å². The Labute approximate surface area is 209 Å². The molecule has 2 aromatic carbocycles. The molecule has 0 unspecified atom stereocenters. The fourth-order valence-corrected chi connectivity index (χ4v) is 4.61. The average Bonchev–Trinajstić information content (AvgIpc) is 2.82. The lowest BCUT2D eigenvalue weighted by atomic mass is 10.1. The lowest BCUT2D eigenvalue weighted by Gasteiger charge is -2.38. The molecule has 34 heavy (non-hydrogen) atoms. The van der Waals surface area contributed by atoms with Crippen LogP contribution in [0.2, 0.25) is 10.0 Å². The van der Waals surface area contributed by atoms with E-state index in [-0.39, 0.29) is 5.56 Å². The smallest absolute Gasteiger partial charge is 0.252 e. The number of nitrogens with zero attached hydrogens (tertiary/aromatic N) is 3. The van der Waals surface area contributed by atoms with Gasteiger partial charge in [-0.3, -0.25) is 14.7 Å². The zero-order valence-corrected chi connectivity index (χ0v) is 21.1. The zero-order valence-electron chi connectivity index (χ0n) is 19.6. The third-order valence-corrected chi connectivity index (χ3v) is 6.93. The molecule has 1 saturated heterocycles. The Morgan fingerprint density at radius 2 is 1.94 bits per heavy atom. The number of carbonyl (C=O) groups excluding carboxylic acids is 1. The topological polar surface area (TPSA) is 83.7 Å². The number of nitrogens with one attached hydrogen (secondary N) is 1. The Kier molecular flexibility index (Phi) is 7.36. The van der Waals surface area contributed by atoms with Crippen LogP contribution >= 0.6 is 23.2 Å². The number of hydrogen-bond donors (Lipinski definition) is 2. The number of halogens is 2. The van der Waals surface area contributed by atoms with Crippen molar-refractivity contribution in [2.24, 2.45) is 5.73 Å². The third-order valence-electron chi connectivity index (χ3n) is 6.11. The molecule has 180 valence electrons. The van der Waals surface area contributed by atoms with E-state index in [1.54, 1.807) is 18.2 Å². The summed E-state index contributed by atoms with van der Waals surface area (Å²) in [6.45, 7) is 10.6. The molecule has 1 amide bonds. The van der Waals surface area contributed by atoms with E-state index < -0.39 is 5.91 Å². The molecule has 3 N–H and O–H groups in total. The van der Waals surface area contributed by atoms with Crippen LogP contribution in [-0.4, -0.2) is 54.6 Å². The lowest BCUT2D eigenvalue weighted by molar-refractivity contribution is 0.100. The number of pyridine rings is 1. The minimum Gasteiger partial charge on any atom is -0.492 e. The van der Waals surface area contributed by atoms with E-state index in [1.165, 1.54) is 6.20 Å². The van der Waals surface area contributed by atoms with Gasteiger partial charge in [0.05, 0.1) is 44.8 Å². The lowest BCUT2D eigenvalue weighted by Crippen LogP contribution is -2.49. The Balaban J connectivity index is 1.84. The normalized spacial score (nSPS) is 14.6. The molecule has 1 aliphatic rings. The number of ether oxygens (including phenoxy) is 1. The van der Waals surface area contributed by atoms with Gasteiger partial charge in [-0.1, -0.05) is 29.3 Å². The van der Waals surface area contributed by atoms with Crippen LogP contribution in [-0.2, 0) is 0 Å². The number of nitrogens with two attached hydrogens (primary N) is 1. The van der Waals surface area contributed by atoms with Gasteiger partial charge in [-0.2, -0.15) is 0 Å². The minimum atomic E-state index is -0.587. The molecule has 7 nitrogen and oxygen atoms in total.